The van der Waals surface area contributed by atoms with Crippen molar-refractivity contribution in [1.29, 1.82) is 5.41 Å². The Bertz CT molecular complexity index is 1230. The topological polar surface area (TPSA) is 113 Å². The van der Waals surface area contributed by atoms with Crippen LogP contribution in [-0.4, -0.2) is 41.6 Å². The van der Waals surface area contributed by atoms with Gasteiger partial charge in [0.25, 0.3) is 0 Å². The fourth-order valence-corrected chi connectivity index (χ4v) is 4.83. The van der Waals surface area contributed by atoms with Gasteiger partial charge in [0.2, 0.25) is 0 Å². The molecule has 4 N–H and O–H groups in total. The smallest absolute Gasteiger partial charge is 0.325 e. The van der Waals surface area contributed by atoms with Gasteiger partial charge >= 0.3 is 12.0 Å². The average Bonchev–Trinajstić information content (AvgIpc) is 3.47. The second-order valence-corrected chi connectivity index (χ2v) is 9.00. The van der Waals surface area contributed by atoms with Gasteiger partial charge < -0.3 is 20.4 Å². The van der Waals surface area contributed by atoms with E-state index in [2.05, 4.69) is 22.0 Å². The molecule has 0 aliphatic heterocycles. The number of hydrogen-bond acceptors (Lipinski definition) is 4. The number of esters is 1. The summed E-state index contributed by atoms with van der Waals surface area (Å²) in [6.07, 6.45) is 4.81. The minimum Gasteiger partial charge on any atom is -0.465 e. The normalized spacial score (nSPS) is 13.7. The Hall–Kier alpha value is -3.81. The number of nitrogen functional groups attached to an aromatic ring is 1. The third-order valence-electron chi connectivity index (χ3n) is 6.65. The van der Waals surface area contributed by atoms with E-state index in [-0.39, 0.29) is 31.1 Å². The van der Waals surface area contributed by atoms with Crippen molar-refractivity contribution in [2.24, 2.45) is 12.8 Å². The molecule has 3 aromatic rings. The van der Waals surface area contributed by atoms with E-state index < -0.39 is 5.97 Å². The average molecular weight is 476 g/mol. The first kappa shape index (κ1) is 24.3. The summed E-state index contributed by atoms with van der Waals surface area (Å²) in [5, 5.41) is 11.4. The third-order valence-corrected chi connectivity index (χ3v) is 6.65. The summed E-state index contributed by atoms with van der Waals surface area (Å²) in [6, 6.07) is 15.8. The zero-order chi connectivity index (χ0) is 24.9. The standard InChI is InChI=1S/C27H33N5O3/c1-3-35-25(33)17-30-27(34)32(21-6-4-5-7-21)22-12-13-24-20(15-22)16-23(31(24)2)14-18-8-10-19(11-9-18)26(28)29/h8-13,15-16,21H,3-7,14,17H2,1-2H3,(H3,28,29)(H,30,34). The van der Waals surface area contributed by atoms with Crippen LogP contribution in [0.4, 0.5) is 10.5 Å². The highest BCUT2D eigenvalue weighted by Gasteiger charge is 2.28. The lowest BCUT2D eigenvalue weighted by Crippen LogP contribution is -2.47. The Labute approximate surface area is 205 Å². The minimum atomic E-state index is -0.438. The van der Waals surface area contributed by atoms with E-state index in [9.17, 15) is 9.59 Å². The van der Waals surface area contributed by atoms with E-state index in [1.165, 1.54) is 0 Å². The van der Waals surface area contributed by atoms with Crippen LogP contribution in [0.15, 0.2) is 48.5 Å². The number of nitrogens with zero attached hydrogens (tertiary/aromatic N) is 2. The fourth-order valence-electron chi connectivity index (χ4n) is 4.83. The number of benzene rings is 2. The maximum atomic E-state index is 13.1. The van der Waals surface area contributed by atoms with E-state index in [0.29, 0.717) is 5.56 Å². The Kier molecular flexibility index (Phi) is 7.39. The van der Waals surface area contributed by atoms with Crippen LogP contribution in [0, 0.1) is 5.41 Å². The summed E-state index contributed by atoms with van der Waals surface area (Å²) in [5.74, 6) is -0.376. The predicted molar refractivity (Wildman–Crippen MR) is 138 cm³/mol. The predicted octanol–water partition coefficient (Wildman–Crippen LogP) is 4.07. The van der Waals surface area contributed by atoms with Crippen LogP contribution < -0.4 is 16.0 Å². The summed E-state index contributed by atoms with van der Waals surface area (Å²) in [5.41, 5.74) is 10.5. The molecule has 1 aromatic heterocycles. The lowest BCUT2D eigenvalue weighted by Gasteiger charge is -2.29. The molecule has 4 rings (SSSR count). The van der Waals surface area contributed by atoms with Crippen molar-refractivity contribution in [1.82, 2.24) is 9.88 Å². The van der Waals surface area contributed by atoms with Gasteiger partial charge in [-0.3, -0.25) is 15.1 Å². The molecule has 35 heavy (non-hydrogen) atoms. The molecule has 184 valence electrons. The quantitative estimate of drug-likeness (QED) is 0.259. The number of aryl methyl sites for hydroxylation is 1. The molecule has 1 saturated carbocycles. The highest BCUT2D eigenvalue weighted by molar-refractivity contribution is 5.97. The number of hydrogen-bond donors (Lipinski definition) is 3. The zero-order valence-corrected chi connectivity index (χ0v) is 20.3. The molecule has 1 aliphatic rings. The van der Waals surface area contributed by atoms with Crippen LogP contribution >= 0.6 is 0 Å². The molecule has 0 atom stereocenters. The Morgan fingerprint density at radius 3 is 2.51 bits per heavy atom. The van der Waals surface area contributed by atoms with Crippen molar-refractivity contribution in [2.45, 2.75) is 45.1 Å². The van der Waals surface area contributed by atoms with Crippen molar-refractivity contribution >= 4 is 34.4 Å². The van der Waals surface area contributed by atoms with Crippen molar-refractivity contribution in [3.05, 3.63) is 65.4 Å². The number of urea groups is 1. The monoisotopic (exact) mass is 475 g/mol. The van der Waals surface area contributed by atoms with Gasteiger partial charge in [0.05, 0.1) is 6.61 Å². The number of carbonyl (C=O) groups excluding carboxylic acids is 2. The van der Waals surface area contributed by atoms with Crippen molar-refractivity contribution in [2.75, 3.05) is 18.1 Å². The maximum Gasteiger partial charge on any atom is 0.325 e. The van der Waals surface area contributed by atoms with E-state index in [1.54, 1.807) is 11.8 Å². The van der Waals surface area contributed by atoms with Crippen LogP contribution in [-0.2, 0) is 23.0 Å². The molecule has 2 amide bonds. The van der Waals surface area contributed by atoms with Gasteiger partial charge in [0, 0.05) is 47.4 Å². The number of ether oxygens (including phenoxy) is 1. The van der Waals surface area contributed by atoms with Gasteiger partial charge in [-0.25, -0.2) is 4.79 Å². The van der Waals surface area contributed by atoms with E-state index >= 15 is 0 Å². The third kappa shape index (κ3) is 5.48. The van der Waals surface area contributed by atoms with E-state index in [4.69, 9.17) is 15.9 Å². The molecule has 0 bridgehead atoms. The summed E-state index contributed by atoms with van der Waals surface area (Å²) in [6.45, 7) is 1.89. The molecule has 1 heterocycles. The molecular weight excluding hydrogens is 442 g/mol. The molecule has 8 nitrogen and oxygen atoms in total. The van der Waals surface area contributed by atoms with Crippen molar-refractivity contribution < 1.29 is 14.3 Å². The van der Waals surface area contributed by atoms with Crippen LogP contribution in [0.5, 0.6) is 0 Å². The number of carbonyl (C=O) groups is 2. The van der Waals surface area contributed by atoms with Crippen LogP contribution in [0.2, 0.25) is 0 Å². The second-order valence-electron chi connectivity index (χ2n) is 9.00. The number of fused-ring (bicyclic) bond motifs is 1. The molecular formula is C27H33N5O3. The SMILES string of the molecule is CCOC(=O)CNC(=O)N(c1ccc2c(c1)cc(Cc1ccc(C(=N)N)cc1)n2C)C1CCCC1. The first-order valence-electron chi connectivity index (χ1n) is 12.1. The highest BCUT2D eigenvalue weighted by atomic mass is 16.5. The lowest BCUT2D eigenvalue weighted by atomic mass is 10.1. The van der Waals surface area contributed by atoms with Gasteiger partial charge in [0.15, 0.2) is 0 Å². The molecule has 0 spiro atoms. The first-order valence-corrected chi connectivity index (χ1v) is 12.1. The Morgan fingerprint density at radius 2 is 1.86 bits per heavy atom. The molecule has 0 radical (unpaired) electrons. The summed E-state index contributed by atoms with van der Waals surface area (Å²) >= 11 is 0. The van der Waals surface area contributed by atoms with Gasteiger partial charge in [-0.15, -0.1) is 0 Å². The van der Waals surface area contributed by atoms with Crippen LogP contribution in [0.25, 0.3) is 10.9 Å². The summed E-state index contributed by atoms with van der Waals surface area (Å²) < 4.78 is 7.12. The number of aromatic nitrogens is 1. The largest absolute Gasteiger partial charge is 0.465 e. The summed E-state index contributed by atoms with van der Waals surface area (Å²) in [4.78, 5) is 26.7. The Balaban J connectivity index is 1.58. The molecule has 0 saturated heterocycles. The summed E-state index contributed by atoms with van der Waals surface area (Å²) in [7, 11) is 2.04. The van der Waals surface area contributed by atoms with E-state index in [0.717, 1.165) is 60.0 Å². The molecule has 2 aromatic carbocycles. The number of amides is 2. The maximum absolute atomic E-state index is 13.1. The van der Waals surface area contributed by atoms with Gasteiger partial charge in [-0.05, 0) is 49.6 Å². The Morgan fingerprint density at radius 1 is 1.14 bits per heavy atom. The number of amidine groups is 1. The lowest BCUT2D eigenvalue weighted by molar-refractivity contribution is -0.141. The minimum absolute atomic E-state index is 0.0618. The van der Waals surface area contributed by atoms with Crippen molar-refractivity contribution in [3.8, 4) is 0 Å². The molecule has 8 heteroatoms. The molecule has 0 unspecified atom stereocenters. The number of anilines is 1. The number of nitrogens with one attached hydrogen (secondary N) is 2. The number of rotatable bonds is 8. The van der Waals surface area contributed by atoms with Crippen LogP contribution in [0.3, 0.4) is 0 Å². The van der Waals surface area contributed by atoms with E-state index in [1.807, 2.05) is 43.4 Å². The van der Waals surface area contributed by atoms with Gasteiger partial charge in [-0.1, -0.05) is 37.1 Å². The molecule has 1 aliphatic carbocycles. The van der Waals surface area contributed by atoms with Gasteiger partial charge in [0.1, 0.15) is 12.4 Å². The zero-order valence-electron chi connectivity index (χ0n) is 20.3. The first-order chi connectivity index (χ1) is 16.9. The van der Waals surface area contributed by atoms with Crippen molar-refractivity contribution in [3.63, 3.8) is 0 Å². The van der Waals surface area contributed by atoms with Crippen LogP contribution in [0.1, 0.15) is 49.4 Å². The highest BCUT2D eigenvalue weighted by Crippen LogP contribution is 2.32. The molecule has 1 fully saturated rings. The second kappa shape index (κ2) is 10.6. The van der Waals surface area contributed by atoms with Gasteiger partial charge in [-0.2, -0.15) is 0 Å². The number of nitrogens with two attached hydrogens (primary N) is 1. The fraction of sp³-hybridized carbons (Fsp3) is 0.370.